The molecule has 0 aromatic carbocycles. The van der Waals surface area contributed by atoms with Crippen molar-refractivity contribution in [2.75, 3.05) is 32.8 Å². The Morgan fingerprint density at radius 2 is 1.92 bits per heavy atom. The van der Waals surface area contributed by atoms with Gasteiger partial charge in [0.15, 0.2) is 0 Å². The van der Waals surface area contributed by atoms with Crippen LogP contribution >= 0.6 is 11.3 Å². The van der Waals surface area contributed by atoms with E-state index in [9.17, 15) is 14.4 Å². The van der Waals surface area contributed by atoms with E-state index < -0.39 is 6.04 Å². The minimum atomic E-state index is -0.577. The van der Waals surface area contributed by atoms with Crippen LogP contribution in [0.1, 0.15) is 18.7 Å². The number of carbonyl (C=O) groups is 3. The SMILES string of the molecule is CCOC(=O)N1CCN(C(=O)[C@@H](C)NC(=O)Cc2cccs2)CC1. The monoisotopic (exact) mass is 353 g/mol. The highest BCUT2D eigenvalue weighted by atomic mass is 32.1. The van der Waals surface area contributed by atoms with E-state index in [2.05, 4.69) is 5.32 Å². The molecule has 2 rings (SSSR count). The van der Waals surface area contributed by atoms with Gasteiger partial charge < -0.3 is 19.9 Å². The summed E-state index contributed by atoms with van der Waals surface area (Å²) in [5, 5.41) is 4.66. The van der Waals surface area contributed by atoms with Gasteiger partial charge in [-0.3, -0.25) is 9.59 Å². The van der Waals surface area contributed by atoms with E-state index in [4.69, 9.17) is 4.74 Å². The standard InChI is InChI=1S/C16H23N3O4S/c1-3-23-16(22)19-8-6-18(7-9-19)15(21)12(2)17-14(20)11-13-5-4-10-24-13/h4-5,10,12H,3,6-9,11H2,1-2H3,(H,17,20)/t12-/m1/s1. The van der Waals surface area contributed by atoms with Crippen LogP contribution in [0.15, 0.2) is 17.5 Å². The molecule has 8 heteroatoms. The molecule has 1 aliphatic heterocycles. The van der Waals surface area contributed by atoms with Gasteiger partial charge in [-0.05, 0) is 25.3 Å². The number of ether oxygens (including phenoxy) is 1. The third-order valence-electron chi connectivity index (χ3n) is 3.78. The van der Waals surface area contributed by atoms with Crippen molar-refractivity contribution in [1.82, 2.24) is 15.1 Å². The molecule has 1 saturated heterocycles. The third kappa shape index (κ3) is 4.95. The van der Waals surface area contributed by atoms with Crippen LogP contribution < -0.4 is 5.32 Å². The van der Waals surface area contributed by atoms with Gasteiger partial charge >= 0.3 is 6.09 Å². The number of nitrogens with one attached hydrogen (secondary N) is 1. The molecule has 7 nitrogen and oxygen atoms in total. The van der Waals surface area contributed by atoms with Gasteiger partial charge in [-0.15, -0.1) is 11.3 Å². The summed E-state index contributed by atoms with van der Waals surface area (Å²) in [6.07, 6.45) is -0.0618. The van der Waals surface area contributed by atoms with Crippen LogP contribution in [0.5, 0.6) is 0 Å². The topological polar surface area (TPSA) is 79.0 Å². The fraction of sp³-hybridized carbons (Fsp3) is 0.562. The molecule has 0 unspecified atom stereocenters. The average Bonchev–Trinajstić information content (AvgIpc) is 3.07. The zero-order valence-corrected chi connectivity index (χ0v) is 14.8. The van der Waals surface area contributed by atoms with Crippen molar-refractivity contribution >= 4 is 29.2 Å². The number of hydrogen-bond donors (Lipinski definition) is 1. The number of rotatable bonds is 5. The molecular weight excluding hydrogens is 330 g/mol. The molecule has 0 aliphatic carbocycles. The number of piperazine rings is 1. The maximum Gasteiger partial charge on any atom is 0.409 e. The summed E-state index contributed by atoms with van der Waals surface area (Å²) in [6, 6.07) is 3.21. The number of hydrogen-bond acceptors (Lipinski definition) is 5. The summed E-state index contributed by atoms with van der Waals surface area (Å²) in [6.45, 7) is 5.57. The van der Waals surface area contributed by atoms with E-state index in [-0.39, 0.29) is 24.3 Å². The molecule has 0 saturated carbocycles. The van der Waals surface area contributed by atoms with Crippen LogP contribution in [0.4, 0.5) is 4.79 Å². The molecule has 2 heterocycles. The van der Waals surface area contributed by atoms with Gasteiger partial charge in [0.05, 0.1) is 13.0 Å². The first-order chi connectivity index (χ1) is 11.5. The smallest absolute Gasteiger partial charge is 0.409 e. The second-order valence-electron chi connectivity index (χ2n) is 5.56. The molecule has 1 aromatic heterocycles. The van der Waals surface area contributed by atoms with E-state index in [1.54, 1.807) is 23.6 Å². The van der Waals surface area contributed by atoms with Crippen molar-refractivity contribution in [3.63, 3.8) is 0 Å². The van der Waals surface area contributed by atoms with Crippen molar-refractivity contribution in [2.45, 2.75) is 26.3 Å². The second kappa shape index (κ2) is 8.68. The molecule has 1 atom stereocenters. The van der Waals surface area contributed by atoms with Gasteiger partial charge in [0.25, 0.3) is 0 Å². The van der Waals surface area contributed by atoms with Gasteiger partial charge in [0.2, 0.25) is 11.8 Å². The molecule has 0 bridgehead atoms. The quantitative estimate of drug-likeness (QED) is 0.860. The van der Waals surface area contributed by atoms with Gasteiger partial charge in [0.1, 0.15) is 6.04 Å². The molecule has 1 fully saturated rings. The van der Waals surface area contributed by atoms with Gasteiger partial charge in [0, 0.05) is 31.1 Å². The fourth-order valence-corrected chi connectivity index (χ4v) is 3.23. The minimum absolute atomic E-state index is 0.127. The molecule has 1 aliphatic rings. The largest absolute Gasteiger partial charge is 0.450 e. The zero-order valence-electron chi connectivity index (χ0n) is 14.0. The van der Waals surface area contributed by atoms with Gasteiger partial charge in [-0.1, -0.05) is 6.07 Å². The average molecular weight is 353 g/mol. The normalized spacial score (nSPS) is 15.8. The summed E-state index contributed by atoms with van der Waals surface area (Å²) in [4.78, 5) is 40.3. The summed E-state index contributed by atoms with van der Waals surface area (Å²) in [5.74, 6) is -0.290. The Morgan fingerprint density at radius 3 is 2.50 bits per heavy atom. The summed E-state index contributed by atoms with van der Waals surface area (Å²) in [5.41, 5.74) is 0. The Kier molecular flexibility index (Phi) is 6.60. The van der Waals surface area contributed by atoms with E-state index >= 15 is 0 Å². The van der Waals surface area contributed by atoms with Crippen LogP contribution in [-0.4, -0.2) is 66.5 Å². The minimum Gasteiger partial charge on any atom is -0.450 e. The number of amides is 3. The highest BCUT2D eigenvalue weighted by Crippen LogP contribution is 2.10. The number of carbonyl (C=O) groups excluding carboxylic acids is 3. The van der Waals surface area contributed by atoms with Crippen molar-refractivity contribution in [3.8, 4) is 0 Å². The van der Waals surface area contributed by atoms with Gasteiger partial charge in [-0.25, -0.2) is 4.79 Å². The lowest BCUT2D eigenvalue weighted by molar-refractivity contribution is -0.137. The molecular formula is C16H23N3O4S. The molecule has 1 aromatic rings. The zero-order chi connectivity index (χ0) is 17.5. The fourth-order valence-electron chi connectivity index (χ4n) is 2.52. The molecule has 0 radical (unpaired) electrons. The second-order valence-corrected chi connectivity index (χ2v) is 6.59. The van der Waals surface area contributed by atoms with E-state index in [0.29, 0.717) is 32.8 Å². The molecule has 0 spiro atoms. The van der Waals surface area contributed by atoms with Crippen molar-refractivity contribution in [1.29, 1.82) is 0 Å². The maximum atomic E-state index is 12.4. The predicted octanol–water partition coefficient (Wildman–Crippen LogP) is 1.10. The molecule has 132 valence electrons. The predicted molar refractivity (Wildman–Crippen MR) is 90.8 cm³/mol. The Morgan fingerprint density at radius 1 is 1.25 bits per heavy atom. The Hall–Kier alpha value is -2.09. The first-order valence-electron chi connectivity index (χ1n) is 8.03. The van der Waals surface area contributed by atoms with Crippen LogP contribution in [-0.2, 0) is 20.7 Å². The molecule has 1 N–H and O–H groups in total. The Labute approximate surface area is 145 Å². The number of thiophene rings is 1. The first-order valence-corrected chi connectivity index (χ1v) is 8.91. The summed E-state index contributed by atoms with van der Waals surface area (Å²) in [7, 11) is 0. The van der Waals surface area contributed by atoms with E-state index in [1.165, 1.54) is 11.3 Å². The molecule has 24 heavy (non-hydrogen) atoms. The van der Waals surface area contributed by atoms with Crippen LogP contribution in [0.25, 0.3) is 0 Å². The van der Waals surface area contributed by atoms with Gasteiger partial charge in [-0.2, -0.15) is 0 Å². The van der Waals surface area contributed by atoms with Crippen LogP contribution in [0.2, 0.25) is 0 Å². The lowest BCUT2D eigenvalue weighted by Crippen LogP contribution is -2.55. The summed E-state index contributed by atoms with van der Waals surface area (Å²) < 4.78 is 4.95. The highest BCUT2D eigenvalue weighted by molar-refractivity contribution is 7.10. The van der Waals surface area contributed by atoms with Crippen molar-refractivity contribution in [3.05, 3.63) is 22.4 Å². The van der Waals surface area contributed by atoms with Crippen molar-refractivity contribution < 1.29 is 19.1 Å². The van der Waals surface area contributed by atoms with E-state index in [0.717, 1.165) is 4.88 Å². The lowest BCUT2D eigenvalue weighted by Gasteiger charge is -2.35. The van der Waals surface area contributed by atoms with Crippen LogP contribution in [0, 0.1) is 0 Å². The Bertz CT molecular complexity index is 568. The lowest BCUT2D eigenvalue weighted by atomic mass is 10.2. The number of nitrogens with zero attached hydrogens (tertiary/aromatic N) is 2. The maximum absolute atomic E-state index is 12.4. The van der Waals surface area contributed by atoms with Crippen molar-refractivity contribution in [2.24, 2.45) is 0 Å². The van der Waals surface area contributed by atoms with Crippen LogP contribution in [0.3, 0.4) is 0 Å². The third-order valence-corrected chi connectivity index (χ3v) is 4.66. The Balaban J connectivity index is 1.77. The molecule has 3 amide bonds. The highest BCUT2D eigenvalue weighted by Gasteiger charge is 2.28. The summed E-state index contributed by atoms with van der Waals surface area (Å²) >= 11 is 1.52. The first kappa shape index (κ1) is 18.3. The van der Waals surface area contributed by atoms with E-state index in [1.807, 2.05) is 17.5 Å².